The maximum atomic E-state index is 10.9. The van der Waals surface area contributed by atoms with Crippen molar-refractivity contribution in [1.29, 1.82) is 0 Å². The van der Waals surface area contributed by atoms with E-state index in [0.29, 0.717) is 32.2 Å². The second kappa shape index (κ2) is 12.6. The molecule has 8 heteroatoms. The van der Waals surface area contributed by atoms with Gasteiger partial charge in [-0.2, -0.15) is 0 Å². The fourth-order valence-corrected chi connectivity index (χ4v) is 3.40. The number of aliphatic imine (C=N–C) groups is 1. The van der Waals surface area contributed by atoms with Gasteiger partial charge in [-0.15, -0.1) is 24.0 Å². The number of halogens is 1. The number of rotatable bonds is 9. The number of aryl methyl sites for hydroxylation is 2. The Hall–Kier alpha value is -2.59. The Morgan fingerprint density at radius 3 is 2.64 bits per heavy atom. The molecule has 2 heterocycles. The summed E-state index contributed by atoms with van der Waals surface area (Å²) in [5.74, 6) is 2.91. The average Bonchev–Trinajstić information content (AvgIpc) is 3.14. The number of guanidine groups is 1. The van der Waals surface area contributed by atoms with Gasteiger partial charge in [-0.25, -0.2) is 4.99 Å². The number of ether oxygens (including phenoxy) is 1. The molecule has 7 nitrogen and oxygen atoms in total. The van der Waals surface area contributed by atoms with Crippen molar-refractivity contribution < 1.29 is 14.3 Å². The summed E-state index contributed by atoms with van der Waals surface area (Å²) in [6.45, 7) is 9.41. The van der Waals surface area contributed by atoms with E-state index in [9.17, 15) is 5.11 Å². The Morgan fingerprint density at radius 2 is 1.97 bits per heavy atom. The van der Waals surface area contributed by atoms with Gasteiger partial charge in [0, 0.05) is 18.3 Å². The zero-order chi connectivity index (χ0) is 23.0. The zero-order valence-electron chi connectivity index (χ0n) is 19.6. The van der Waals surface area contributed by atoms with Gasteiger partial charge in [0.2, 0.25) is 0 Å². The monoisotopic (exact) mass is 564 g/mol. The van der Waals surface area contributed by atoms with Gasteiger partial charge in [0.15, 0.2) is 5.96 Å². The number of hydrogen-bond donors (Lipinski definition) is 3. The molecule has 0 radical (unpaired) electrons. The van der Waals surface area contributed by atoms with Crippen molar-refractivity contribution in [3.63, 3.8) is 0 Å². The van der Waals surface area contributed by atoms with Crippen molar-refractivity contribution >= 4 is 29.9 Å². The lowest BCUT2D eigenvalue weighted by Gasteiger charge is -2.24. The van der Waals surface area contributed by atoms with Gasteiger partial charge in [0.25, 0.3) is 0 Å². The maximum Gasteiger partial charge on any atom is 0.191 e. The van der Waals surface area contributed by atoms with Crippen molar-refractivity contribution in [3.05, 3.63) is 83.1 Å². The van der Waals surface area contributed by atoms with E-state index >= 15 is 0 Å². The molecule has 0 fully saturated rings. The van der Waals surface area contributed by atoms with Crippen LogP contribution < -0.4 is 15.4 Å². The summed E-state index contributed by atoms with van der Waals surface area (Å²) in [6, 6.07) is 15.5. The number of pyridine rings is 1. The molecule has 1 atom stereocenters. The number of nitrogens with one attached hydrogen (secondary N) is 2. The molecule has 0 saturated heterocycles. The highest BCUT2D eigenvalue weighted by molar-refractivity contribution is 14.0. The average molecular weight is 564 g/mol. The second-order valence-electron chi connectivity index (χ2n) is 7.91. The molecule has 33 heavy (non-hydrogen) atoms. The normalized spacial score (nSPS) is 13.1. The van der Waals surface area contributed by atoms with Crippen molar-refractivity contribution in [2.45, 2.75) is 46.4 Å². The molecule has 0 saturated carbocycles. The first-order valence-corrected chi connectivity index (χ1v) is 10.8. The molecule has 0 aliphatic rings. The van der Waals surface area contributed by atoms with Crippen LogP contribution in [-0.2, 0) is 18.8 Å². The molecule has 178 valence electrons. The zero-order valence-corrected chi connectivity index (χ0v) is 21.9. The lowest BCUT2D eigenvalue weighted by Crippen LogP contribution is -2.44. The lowest BCUT2D eigenvalue weighted by molar-refractivity contribution is 0.0601. The van der Waals surface area contributed by atoms with Gasteiger partial charge >= 0.3 is 0 Å². The van der Waals surface area contributed by atoms with Crippen LogP contribution in [0.3, 0.4) is 0 Å². The van der Waals surface area contributed by atoms with Crippen molar-refractivity contribution in [1.82, 2.24) is 15.6 Å². The van der Waals surface area contributed by atoms with Crippen LogP contribution in [0.1, 0.15) is 42.2 Å². The van der Waals surface area contributed by atoms with Gasteiger partial charge < -0.3 is 24.9 Å². The van der Waals surface area contributed by atoms with E-state index in [1.807, 2.05) is 69.3 Å². The molecular weight excluding hydrogens is 531 g/mol. The third kappa shape index (κ3) is 8.04. The SMILES string of the molecule is CCNC(=NCc1cccc(OCc2ccccn2)c1)NCC(C)(O)c1cc(C)oc1C.I. The minimum absolute atomic E-state index is 0. The first-order chi connectivity index (χ1) is 15.4. The minimum atomic E-state index is -1.09. The molecule has 3 N–H and O–H groups in total. The Balaban J connectivity index is 0.00000385. The maximum absolute atomic E-state index is 10.9. The number of furan rings is 1. The third-order valence-electron chi connectivity index (χ3n) is 5.00. The van der Waals surface area contributed by atoms with E-state index in [4.69, 9.17) is 9.15 Å². The topological polar surface area (TPSA) is 91.9 Å². The molecule has 3 aromatic rings. The summed E-state index contributed by atoms with van der Waals surface area (Å²) in [5, 5.41) is 17.4. The predicted octanol–water partition coefficient (Wildman–Crippen LogP) is 4.45. The molecule has 3 rings (SSSR count). The van der Waals surface area contributed by atoms with E-state index in [2.05, 4.69) is 20.6 Å². The van der Waals surface area contributed by atoms with Crippen molar-refractivity contribution in [3.8, 4) is 5.75 Å². The van der Waals surface area contributed by atoms with Crippen LogP contribution in [0.15, 0.2) is 64.1 Å². The van der Waals surface area contributed by atoms with Gasteiger partial charge in [0.1, 0.15) is 29.5 Å². The third-order valence-corrected chi connectivity index (χ3v) is 5.00. The highest BCUT2D eigenvalue weighted by Gasteiger charge is 2.27. The fraction of sp³-hybridized carbons (Fsp3) is 0.360. The molecule has 0 aliphatic carbocycles. The number of hydrogen-bond acceptors (Lipinski definition) is 5. The van der Waals surface area contributed by atoms with Crippen LogP contribution in [-0.4, -0.2) is 29.1 Å². The van der Waals surface area contributed by atoms with Crippen LogP contribution in [0.5, 0.6) is 5.75 Å². The highest BCUT2D eigenvalue weighted by atomic mass is 127. The Labute approximate surface area is 212 Å². The molecule has 2 aromatic heterocycles. The van der Waals surface area contributed by atoms with Gasteiger partial charge in [-0.05, 0) is 63.6 Å². The molecular formula is C25H33IN4O3. The molecule has 0 spiro atoms. The van der Waals surface area contributed by atoms with Gasteiger partial charge in [-0.1, -0.05) is 18.2 Å². The van der Waals surface area contributed by atoms with Crippen LogP contribution in [0.2, 0.25) is 0 Å². The van der Waals surface area contributed by atoms with E-state index in [-0.39, 0.29) is 24.0 Å². The summed E-state index contributed by atoms with van der Waals surface area (Å²) in [4.78, 5) is 8.93. The largest absolute Gasteiger partial charge is 0.487 e. The summed E-state index contributed by atoms with van der Waals surface area (Å²) >= 11 is 0. The summed E-state index contributed by atoms with van der Waals surface area (Å²) in [7, 11) is 0. The Bertz CT molecular complexity index is 1040. The quantitative estimate of drug-likeness (QED) is 0.202. The van der Waals surface area contributed by atoms with Crippen LogP contribution in [0.25, 0.3) is 0 Å². The molecule has 1 aromatic carbocycles. The van der Waals surface area contributed by atoms with Crippen molar-refractivity contribution in [2.24, 2.45) is 4.99 Å². The van der Waals surface area contributed by atoms with E-state index in [0.717, 1.165) is 34.1 Å². The van der Waals surface area contributed by atoms with Gasteiger partial charge in [0.05, 0.1) is 18.8 Å². The van der Waals surface area contributed by atoms with Crippen LogP contribution in [0, 0.1) is 13.8 Å². The first-order valence-electron chi connectivity index (χ1n) is 10.8. The number of nitrogens with zero attached hydrogens (tertiary/aromatic N) is 2. The van der Waals surface area contributed by atoms with E-state index in [1.54, 1.807) is 13.1 Å². The number of benzene rings is 1. The van der Waals surface area contributed by atoms with Crippen LogP contribution >= 0.6 is 24.0 Å². The minimum Gasteiger partial charge on any atom is -0.487 e. The molecule has 1 unspecified atom stereocenters. The summed E-state index contributed by atoms with van der Waals surface area (Å²) in [6.07, 6.45) is 1.76. The number of aromatic nitrogens is 1. The Kier molecular flexibility index (Phi) is 10.2. The van der Waals surface area contributed by atoms with Crippen molar-refractivity contribution in [2.75, 3.05) is 13.1 Å². The fourth-order valence-electron chi connectivity index (χ4n) is 3.40. The lowest BCUT2D eigenvalue weighted by atomic mass is 9.96. The summed E-state index contributed by atoms with van der Waals surface area (Å²) in [5.41, 5.74) is 1.59. The summed E-state index contributed by atoms with van der Waals surface area (Å²) < 4.78 is 11.4. The molecule has 0 bridgehead atoms. The predicted molar refractivity (Wildman–Crippen MR) is 141 cm³/mol. The van der Waals surface area contributed by atoms with Crippen LogP contribution in [0.4, 0.5) is 0 Å². The number of aliphatic hydroxyl groups is 1. The Morgan fingerprint density at radius 1 is 1.15 bits per heavy atom. The molecule has 0 amide bonds. The standard InChI is InChI=1S/C25H32N4O3.HI/c1-5-26-24(29-17-25(4,30)23-13-18(2)32-19(23)3)28-15-20-9-8-11-22(14-20)31-16-21-10-6-7-12-27-21;/h6-14,30H,5,15-17H2,1-4H3,(H2,26,28,29);1H. The van der Waals surface area contributed by atoms with E-state index in [1.165, 1.54) is 0 Å². The second-order valence-corrected chi connectivity index (χ2v) is 7.91. The molecule has 0 aliphatic heterocycles. The first kappa shape index (κ1) is 26.7. The smallest absolute Gasteiger partial charge is 0.191 e. The van der Waals surface area contributed by atoms with Gasteiger partial charge in [-0.3, -0.25) is 4.98 Å². The van der Waals surface area contributed by atoms with E-state index < -0.39 is 5.60 Å². The highest BCUT2D eigenvalue weighted by Crippen LogP contribution is 2.26.